The molecule has 3 aromatic rings. The van der Waals surface area contributed by atoms with Gasteiger partial charge in [-0.2, -0.15) is 0 Å². The van der Waals surface area contributed by atoms with Crippen molar-refractivity contribution in [2.45, 2.75) is 24.2 Å². The lowest BCUT2D eigenvalue weighted by Gasteiger charge is -2.28. The van der Waals surface area contributed by atoms with E-state index in [-0.39, 0.29) is 10.8 Å². The summed E-state index contributed by atoms with van der Waals surface area (Å²) in [6.07, 6.45) is 3.71. The van der Waals surface area contributed by atoms with E-state index >= 15 is 0 Å². The molecule has 0 aliphatic carbocycles. The fourth-order valence-corrected chi connectivity index (χ4v) is 5.16. The molecule has 172 valence electrons. The lowest BCUT2D eigenvalue weighted by atomic mass is 10.1. The highest BCUT2D eigenvalue weighted by Crippen LogP contribution is 2.25. The Morgan fingerprint density at radius 2 is 1.48 bits per heavy atom. The van der Waals surface area contributed by atoms with E-state index in [2.05, 4.69) is 10.2 Å². The molecule has 0 unspecified atom stereocenters. The van der Waals surface area contributed by atoms with Gasteiger partial charge in [0.05, 0.1) is 10.6 Å². The first-order valence-electron chi connectivity index (χ1n) is 10.9. The van der Waals surface area contributed by atoms with Crippen molar-refractivity contribution in [1.82, 2.24) is 0 Å². The lowest BCUT2D eigenvalue weighted by Crippen LogP contribution is -2.29. The summed E-state index contributed by atoms with van der Waals surface area (Å²) in [4.78, 5) is 15.2. The Morgan fingerprint density at radius 1 is 0.879 bits per heavy atom. The average Bonchev–Trinajstić information content (AvgIpc) is 2.85. The molecule has 1 N–H and O–H groups in total. The van der Waals surface area contributed by atoms with E-state index in [9.17, 15) is 13.2 Å². The van der Waals surface area contributed by atoms with Crippen molar-refractivity contribution < 1.29 is 13.2 Å². The number of nitrogens with one attached hydrogen (secondary N) is 1. The number of halogens is 1. The number of anilines is 3. The summed E-state index contributed by atoms with van der Waals surface area (Å²) >= 11 is 5.86. The molecular formula is C25H26ClN3O3S. The Hall–Kier alpha value is -3.03. The number of rotatable bonds is 6. The Balaban J connectivity index is 1.42. The maximum absolute atomic E-state index is 12.8. The predicted molar refractivity (Wildman–Crippen MR) is 134 cm³/mol. The molecule has 0 atom stereocenters. The first kappa shape index (κ1) is 23.1. The molecular weight excluding hydrogens is 458 g/mol. The first-order valence-corrected chi connectivity index (χ1v) is 12.7. The van der Waals surface area contributed by atoms with Crippen LogP contribution in [0.3, 0.4) is 0 Å². The topological polar surface area (TPSA) is 69.7 Å². The number of hydrogen-bond acceptors (Lipinski definition) is 4. The SMILES string of the molecule is CN(c1ccc(C(=O)Nc2ccc(N3CCCCC3)cc2)cc1)S(=O)(=O)c1ccc(Cl)cc1. The van der Waals surface area contributed by atoms with Crippen LogP contribution in [-0.2, 0) is 10.0 Å². The third-order valence-corrected chi connectivity index (χ3v) is 7.86. The van der Waals surface area contributed by atoms with Gasteiger partial charge in [0, 0.05) is 42.1 Å². The minimum absolute atomic E-state index is 0.143. The van der Waals surface area contributed by atoms with Crippen molar-refractivity contribution in [2.75, 3.05) is 34.7 Å². The van der Waals surface area contributed by atoms with Crippen LogP contribution in [-0.4, -0.2) is 34.5 Å². The van der Waals surface area contributed by atoms with E-state index in [1.54, 1.807) is 24.3 Å². The molecule has 33 heavy (non-hydrogen) atoms. The van der Waals surface area contributed by atoms with Gasteiger partial charge in [-0.05, 0) is 92.1 Å². The third-order valence-electron chi connectivity index (χ3n) is 5.81. The third kappa shape index (κ3) is 5.31. The maximum atomic E-state index is 12.8. The summed E-state index contributed by atoms with van der Waals surface area (Å²) in [6.45, 7) is 2.14. The van der Waals surface area contributed by atoms with Crippen LogP contribution in [0, 0.1) is 0 Å². The average molecular weight is 484 g/mol. The minimum atomic E-state index is -3.73. The smallest absolute Gasteiger partial charge is 0.264 e. The van der Waals surface area contributed by atoms with E-state index in [1.165, 1.54) is 60.6 Å². The van der Waals surface area contributed by atoms with Crippen LogP contribution in [0.5, 0.6) is 0 Å². The summed E-state index contributed by atoms with van der Waals surface area (Å²) in [5.74, 6) is -0.254. The molecule has 8 heteroatoms. The molecule has 4 rings (SSSR count). The van der Waals surface area contributed by atoms with E-state index in [0.717, 1.165) is 13.1 Å². The predicted octanol–water partition coefficient (Wildman–Crippen LogP) is 5.41. The molecule has 0 radical (unpaired) electrons. The molecule has 0 spiro atoms. The van der Waals surface area contributed by atoms with Gasteiger partial charge in [0.1, 0.15) is 0 Å². The Bertz CT molecular complexity index is 1210. The van der Waals surface area contributed by atoms with E-state index in [4.69, 9.17) is 11.6 Å². The Labute approximate surface area is 199 Å². The number of benzene rings is 3. The van der Waals surface area contributed by atoms with Crippen LogP contribution in [0.2, 0.25) is 5.02 Å². The lowest BCUT2D eigenvalue weighted by molar-refractivity contribution is 0.102. The van der Waals surface area contributed by atoms with E-state index in [1.807, 2.05) is 24.3 Å². The molecule has 1 aliphatic heterocycles. The number of carbonyl (C=O) groups excluding carboxylic acids is 1. The van der Waals surface area contributed by atoms with Gasteiger partial charge >= 0.3 is 0 Å². The number of nitrogens with zero attached hydrogens (tertiary/aromatic N) is 2. The number of carbonyl (C=O) groups is 1. The first-order chi connectivity index (χ1) is 15.8. The minimum Gasteiger partial charge on any atom is -0.372 e. The molecule has 0 saturated carbocycles. The van der Waals surface area contributed by atoms with Gasteiger partial charge in [-0.3, -0.25) is 9.10 Å². The van der Waals surface area contributed by atoms with Crippen LogP contribution in [0.25, 0.3) is 0 Å². The van der Waals surface area contributed by atoms with Gasteiger partial charge in [0.2, 0.25) is 0 Å². The standard InChI is InChI=1S/C25H26ClN3O3S/c1-28(33(31,32)24-15-7-20(26)8-16-24)22-11-5-19(6-12-22)25(30)27-21-9-13-23(14-10-21)29-17-3-2-4-18-29/h5-16H,2-4,17-18H2,1H3,(H,27,30). The molecule has 1 amide bonds. The number of piperidine rings is 1. The fraction of sp³-hybridized carbons (Fsp3) is 0.240. The van der Waals surface area contributed by atoms with E-state index < -0.39 is 10.0 Å². The van der Waals surface area contributed by atoms with E-state index in [0.29, 0.717) is 22.0 Å². The molecule has 3 aromatic carbocycles. The van der Waals surface area contributed by atoms with Crippen LogP contribution in [0.1, 0.15) is 29.6 Å². The highest BCUT2D eigenvalue weighted by molar-refractivity contribution is 7.92. The molecule has 0 aromatic heterocycles. The summed E-state index contributed by atoms with van der Waals surface area (Å²) in [7, 11) is -2.26. The van der Waals surface area contributed by atoms with Crippen molar-refractivity contribution in [2.24, 2.45) is 0 Å². The van der Waals surface area contributed by atoms with Crippen molar-refractivity contribution in [1.29, 1.82) is 0 Å². The molecule has 6 nitrogen and oxygen atoms in total. The van der Waals surface area contributed by atoms with Crippen molar-refractivity contribution in [3.63, 3.8) is 0 Å². The van der Waals surface area contributed by atoms with Gasteiger partial charge in [0.15, 0.2) is 0 Å². The van der Waals surface area contributed by atoms with Crippen molar-refractivity contribution in [3.05, 3.63) is 83.4 Å². The second-order valence-corrected chi connectivity index (χ2v) is 10.4. The van der Waals surface area contributed by atoms with Crippen LogP contribution in [0.15, 0.2) is 77.7 Å². The molecule has 1 heterocycles. The fourth-order valence-electron chi connectivity index (χ4n) is 3.84. The Morgan fingerprint density at radius 3 is 2.09 bits per heavy atom. The largest absolute Gasteiger partial charge is 0.372 e. The maximum Gasteiger partial charge on any atom is 0.264 e. The molecule has 1 aliphatic rings. The molecule has 1 fully saturated rings. The molecule has 0 bridgehead atoms. The second kappa shape index (κ2) is 9.85. The Kier molecular flexibility index (Phi) is 6.91. The van der Waals surface area contributed by atoms with Gasteiger partial charge in [-0.15, -0.1) is 0 Å². The van der Waals surface area contributed by atoms with Crippen molar-refractivity contribution in [3.8, 4) is 0 Å². The zero-order valence-corrected chi connectivity index (χ0v) is 19.9. The zero-order chi connectivity index (χ0) is 23.4. The second-order valence-electron chi connectivity index (χ2n) is 8.02. The van der Waals surface area contributed by atoms with Gasteiger partial charge < -0.3 is 10.2 Å². The number of sulfonamides is 1. The van der Waals surface area contributed by atoms with Crippen molar-refractivity contribution >= 4 is 44.6 Å². The van der Waals surface area contributed by atoms with Gasteiger partial charge in [-0.1, -0.05) is 11.6 Å². The zero-order valence-electron chi connectivity index (χ0n) is 18.4. The van der Waals surface area contributed by atoms with Gasteiger partial charge in [-0.25, -0.2) is 8.42 Å². The quantitative estimate of drug-likeness (QED) is 0.509. The monoisotopic (exact) mass is 483 g/mol. The summed E-state index contributed by atoms with van der Waals surface area (Å²) in [6, 6.07) is 20.3. The van der Waals surface area contributed by atoms with Crippen LogP contribution in [0.4, 0.5) is 17.1 Å². The summed E-state index contributed by atoms with van der Waals surface area (Å²) in [5, 5.41) is 3.36. The van der Waals surface area contributed by atoms with Crippen LogP contribution < -0.4 is 14.5 Å². The molecule has 1 saturated heterocycles. The number of amides is 1. The van der Waals surface area contributed by atoms with Crippen LogP contribution >= 0.6 is 11.6 Å². The summed E-state index contributed by atoms with van der Waals surface area (Å²) < 4.78 is 26.9. The highest BCUT2D eigenvalue weighted by Gasteiger charge is 2.21. The normalized spacial score (nSPS) is 14.1. The van der Waals surface area contributed by atoms with Gasteiger partial charge in [0.25, 0.3) is 15.9 Å². The highest BCUT2D eigenvalue weighted by atomic mass is 35.5. The number of hydrogen-bond donors (Lipinski definition) is 1. The summed E-state index contributed by atoms with van der Waals surface area (Å²) in [5.41, 5.74) is 2.78.